The van der Waals surface area contributed by atoms with Crippen LogP contribution in [0.3, 0.4) is 0 Å². The minimum Gasteiger partial charge on any atom is -0.380 e. The minimum atomic E-state index is -0.103. The van der Waals surface area contributed by atoms with Gasteiger partial charge in [-0.15, -0.1) is 5.10 Å². The van der Waals surface area contributed by atoms with Crippen LogP contribution in [0.15, 0.2) is 48.5 Å². The minimum absolute atomic E-state index is 0.0380. The van der Waals surface area contributed by atoms with E-state index in [0.717, 1.165) is 40.2 Å². The molecule has 39 heavy (non-hydrogen) atoms. The Balaban J connectivity index is 1.62. The molecule has 0 bridgehead atoms. The van der Waals surface area contributed by atoms with Crippen molar-refractivity contribution in [3.63, 3.8) is 0 Å². The molecule has 8 heteroatoms. The summed E-state index contributed by atoms with van der Waals surface area (Å²) in [5.41, 5.74) is 5.25. The summed E-state index contributed by atoms with van der Waals surface area (Å²) in [5.74, 6) is 0.506. The first-order valence-corrected chi connectivity index (χ1v) is 13.9. The zero-order valence-electron chi connectivity index (χ0n) is 23.9. The van der Waals surface area contributed by atoms with Crippen LogP contribution in [-0.2, 0) is 27.4 Å². The Morgan fingerprint density at radius 3 is 2.49 bits per heavy atom. The Bertz CT molecular complexity index is 1290. The number of fused-ring (bicyclic) bond motifs is 5. The van der Waals surface area contributed by atoms with Crippen molar-refractivity contribution in [2.75, 3.05) is 24.7 Å². The summed E-state index contributed by atoms with van der Waals surface area (Å²) < 4.78 is 7.78. The first-order valence-electron chi connectivity index (χ1n) is 13.9. The molecule has 0 saturated carbocycles. The molecule has 3 aromatic rings. The summed E-state index contributed by atoms with van der Waals surface area (Å²) in [6.07, 6.45) is 1.64. The number of para-hydroxylation sites is 1. The molecule has 0 saturated heterocycles. The van der Waals surface area contributed by atoms with Gasteiger partial charge in [0.15, 0.2) is 0 Å². The topological polar surface area (TPSA) is 89.3 Å². The zero-order valence-corrected chi connectivity index (χ0v) is 23.9. The van der Waals surface area contributed by atoms with Crippen LogP contribution < -0.4 is 10.2 Å². The first-order chi connectivity index (χ1) is 18.6. The van der Waals surface area contributed by atoms with Gasteiger partial charge in [-0.3, -0.25) is 9.59 Å². The maximum absolute atomic E-state index is 13.7. The lowest BCUT2D eigenvalue weighted by molar-refractivity contribution is -0.123. The molecule has 208 valence electrons. The number of benzene rings is 2. The number of nitrogens with zero attached hydrogens (tertiary/aromatic N) is 4. The molecule has 0 spiro atoms. The second-order valence-corrected chi connectivity index (χ2v) is 11.8. The van der Waals surface area contributed by atoms with Crippen molar-refractivity contribution in [1.82, 2.24) is 20.3 Å². The summed E-state index contributed by atoms with van der Waals surface area (Å²) in [7, 11) is 0. The second-order valence-electron chi connectivity index (χ2n) is 11.8. The maximum Gasteiger partial charge on any atom is 0.229 e. The number of aromatic nitrogens is 3. The first kappa shape index (κ1) is 28.5. The highest BCUT2D eigenvalue weighted by Gasteiger charge is 2.29. The molecule has 0 aliphatic carbocycles. The second kappa shape index (κ2) is 12.6. The summed E-state index contributed by atoms with van der Waals surface area (Å²) >= 11 is 0. The molecular formula is C31H41N5O3. The van der Waals surface area contributed by atoms with Crippen molar-refractivity contribution in [2.45, 2.75) is 67.0 Å². The smallest absolute Gasteiger partial charge is 0.229 e. The lowest BCUT2D eigenvalue weighted by Gasteiger charge is -2.29. The van der Waals surface area contributed by atoms with Crippen molar-refractivity contribution in [3.05, 3.63) is 54.1 Å². The molecular weight excluding hydrogens is 490 g/mol. The summed E-state index contributed by atoms with van der Waals surface area (Å²) in [4.78, 5) is 27.8. The molecule has 1 aliphatic heterocycles. The van der Waals surface area contributed by atoms with Gasteiger partial charge in [0.2, 0.25) is 11.8 Å². The van der Waals surface area contributed by atoms with Crippen molar-refractivity contribution >= 4 is 17.5 Å². The van der Waals surface area contributed by atoms with Crippen molar-refractivity contribution in [1.29, 1.82) is 0 Å². The average Bonchev–Trinajstić information content (AvgIpc) is 3.28. The van der Waals surface area contributed by atoms with E-state index >= 15 is 0 Å². The fourth-order valence-corrected chi connectivity index (χ4v) is 4.75. The van der Waals surface area contributed by atoms with E-state index in [2.05, 4.69) is 29.5 Å². The van der Waals surface area contributed by atoms with E-state index in [9.17, 15) is 9.59 Å². The molecule has 2 amide bonds. The third-order valence-corrected chi connectivity index (χ3v) is 6.73. The van der Waals surface area contributed by atoms with Crippen molar-refractivity contribution in [3.8, 4) is 22.5 Å². The van der Waals surface area contributed by atoms with Gasteiger partial charge in [-0.2, -0.15) is 0 Å². The van der Waals surface area contributed by atoms with E-state index in [4.69, 9.17) is 4.74 Å². The number of carbonyl (C=O) groups excluding carboxylic acids is 2. The van der Waals surface area contributed by atoms with E-state index in [1.807, 2.05) is 78.9 Å². The molecule has 4 rings (SSSR count). The highest BCUT2D eigenvalue weighted by molar-refractivity contribution is 6.00. The van der Waals surface area contributed by atoms with Crippen molar-refractivity contribution < 1.29 is 14.3 Å². The van der Waals surface area contributed by atoms with Gasteiger partial charge in [-0.05, 0) is 29.4 Å². The van der Waals surface area contributed by atoms with Gasteiger partial charge in [0, 0.05) is 37.1 Å². The average molecular weight is 532 g/mol. The Morgan fingerprint density at radius 2 is 1.74 bits per heavy atom. The fraction of sp³-hybridized carbons (Fsp3) is 0.484. The molecule has 1 N–H and O–H groups in total. The third-order valence-electron chi connectivity index (χ3n) is 6.73. The van der Waals surface area contributed by atoms with Gasteiger partial charge >= 0.3 is 0 Å². The normalized spacial score (nSPS) is 12.8. The van der Waals surface area contributed by atoms with Crippen LogP contribution in [-0.4, -0.2) is 46.6 Å². The van der Waals surface area contributed by atoms with E-state index in [-0.39, 0.29) is 23.7 Å². The van der Waals surface area contributed by atoms with Gasteiger partial charge in [-0.25, -0.2) is 4.68 Å². The van der Waals surface area contributed by atoms with Gasteiger partial charge < -0.3 is 15.0 Å². The van der Waals surface area contributed by atoms with Gasteiger partial charge in [0.1, 0.15) is 5.69 Å². The summed E-state index contributed by atoms with van der Waals surface area (Å²) in [6.45, 7) is 13.0. The number of hydrogen-bond acceptors (Lipinski definition) is 5. The number of rotatable bonds is 10. The highest BCUT2D eigenvalue weighted by atomic mass is 16.5. The van der Waals surface area contributed by atoms with Crippen LogP contribution in [0, 0.1) is 11.3 Å². The number of ether oxygens (including phenoxy) is 1. The monoisotopic (exact) mass is 531 g/mol. The Kier molecular flexibility index (Phi) is 9.17. The van der Waals surface area contributed by atoms with E-state index < -0.39 is 0 Å². The maximum atomic E-state index is 13.7. The highest BCUT2D eigenvalue weighted by Crippen LogP contribution is 2.41. The molecule has 2 heterocycles. The Labute approximate surface area is 231 Å². The predicted octanol–water partition coefficient (Wildman–Crippen LogP) is 5.46. The molecule has 1 aromatic heterocycles. The Morgan fingerprint density at radius 1 is 1.03 bits per heavy atom. The fourth-order valence-electron chi connectivity index (χ4n) is 4.75. The number of nitrogens with one attached hydrogen (secondary N) is 1. The van der Waals surface area contributed by atoms with Crippen LogP contribution in [0.5, 0.6) is 0 Å². The molecule has 0 atom stereocenters. The number of anilines is 1. The number of carbonyl (C=O) groups is 2. The number of amides is 2. The number of hydrogen-bond donors (Lipinski definition) is 1. The van der Waals surface area contributed by atoms with Gasteiger partial charge in [0.05, 0.1) is 31.1 Å². The molecule has 1 aliphatic rings. The molecule has 0 unspecified atom stereocenters. The molecule has 2 aromatic carbocycles. The van der Waals surface area contributed by atoms with E-state index in [0.29, 0.717) is 45.2 Å². The van der Waals surface area contributed by atoms with Crippen LogP contribution in [0.2, 0.25) is 0 Å². The summed E-state index contributed by atoms with van der Waals surface area (Å²) in [5, 5.41) is 12.0. The van der Waals surface area contributed by atoms with E-state index in [1.54, 1.807) is 0 Å². The lowest BCUT2D eigenvalue weighted by atomic mass is 9.92. The zero-order chi connectivity index (χ0) is 28.0. The Hall–Kier alpha value is -3.52. The van der Waals surface area contributed by atoms with Crippen LogP contribution >= 0.6 is 0 Å². The largest absolute Gasteiger partial charge is 0.380 e. The molecule has 8 nitrogen and oxygen atoms in total. The predicted molar refractivity (Wildman–Crippen MR) is 154 cm³/mol. The van der Waals surface area contributed by atoms with Crippen LogP contribution in [0.1, 0.15) is 59.4 Å². The van der Waals surface area contributed by atoms with Crippen molar-refractivity contribution in [2.24, 2.45) is 11.3 Å². The van der Waals surface area contributed by atoms with Gasteiger partial charge in [0.25, 0.3) is 0 Å². The molecule has 0 radical (unpaired) electrons. The SMILES string of the molecule is CC(C)CCOCCn1nnc2c1-c1ccccc1N(C(=O)CCNC(=O)CC(C)(C)C)Cc1ccccc1-2. The van der Waals surface area contributed by atoms with Gasteiger partial charge in [-0.1, -0.05) is 82.3 Å². The third kappa shape index (κ3) is 7.32. The van der Waals surface area contributed by atoms with Crippen LogP contribution in [0.25, 0.3) is 22.5 Å². The quantitative estimate of drug-likeness (QED) is 0.351. The lowest BCUT2D eigenvalue weighted by Crippen LogP contribution is -2.36. The van der Waals surface area contributed by atoms with Crippen LogP contribution in [0.4, 0.5) is 5.69 Å². The molecule has 0 fully saturated rings. The summed E-state index contributed by atoms with van der Waals surface area (Å²) in [6, 6.07) is 16.0. The standard InChI is InChI=1S/C31H41N5O3/c1-22(2)15-18-39-19-17-36-30-25-12-8-9-13-26(25)35(28(38)14-16-32-27(37)20-31(3,4)5)21-23-10-6-7-11-24(23)29(30)33-34-36/h6-13,22H,14-21H2,1-5H3,(H,32,37). The van der Waals surface area contributed by atoms with E-state index in [1.165, 1.54) is 0 Å².